The van der Waals surface area contributed by atoms with Crippen LogP contribution in [0.4, 0.5) is 0 Å². The first-order valence-electron chi connectivity index (χ1n) is 16.6. The molecule has 0 amide bonds. The molecule has 0 spiro atoms. The number of aromatic hydroxyl groups is 2. The molecule has 0 saturated carbocycles. The van der Waals surface area contributed by atoms with Crippen LogP contribution in [0.15, 0.2) is 24.3 Å². The normalized spacial score (nSPS) is 13.4. The molecule has 1 atom stereocenters. The highest BCUT2D eigenvalue weighted by Crippen LogP contribution is 2.41. The molecule has 2 aromatic carbocycles. The molecule has 0 aliphatic carbocycles. The van der Waals surface area contributed by atoms with Crippen LogP contribution in [0.2, 0.25) is 0 Å². The van der Waals surface area contributed by atoms with Crippen molar-refractivity contribution in [3.8, 4) is 11.5 Å². The Balaban J connectivity index is 1.80. The minimum atomic E-state index is -0.258. The Kier molecular flexibility index (Phi) is 13.3. The molecule has 0 saturated heterocycles. The summed E-state index contributed by atoms with van der Waals surface area (Å²) < 4.78 is 11.1. The SMILES string of the molecule is CC(CSCCOC(=O)CCc1cc(C(C)(C)C)c(O)c(C(C)(C)C)c1)OC(=O)CCc1cc(C(C)(C)C)c(O)c(C(C)(C)C)c1. The summed E-state index contributed by atoms with van der Waals surface area (Å²) in [5, 5.41) is 21.9. The molecular formula is C39H60O6S. The molecule has 0 heterocycles. The average Bonchev–Trinajstić information content (AvgIpc) is 2.89. The van der Waals surface area contributed by atoms with E-state index in [1.54, 1.807) is 11.8 Å². The van der Waals surface area contributed by atoms with Crippen LogP contribution >= 0.6 is 11.8 Å². The highest BCUT2D eigenvalue weighted by molar-refractivity contribution is 7.99. The minimum Gasteiger partial charge on any atom is -0.507 e. The molecule has 0 aromatic heterocycles. The lowest BCUT2D eigenvalue weighted by molar-refractivity contribution is -0.147. The van der Waals surface area contributed by atoms with Crippen LogP contribution in [-0.2, 0) is 53.6 Å². The maximum absolute atomic E-state index is 12.6. The van der Waals surface area contributed by atoms with Gasteiger partial charge in [0.2, 0.25) is 0 Å². The topological polar surface area (TPSA) is 93.1 Å². The van der Waals surface area contributed by atoms with Crippen molar-refractivity contribution < 1.29 is 29.3 Å². The fourth-order valence-corrected chi connectivity index (χ4v) is 6.08. The van der Waals surface area contributed by atoms with Crippen LogP contribution in [0.25, 0.3) is 0 Å². The van der Waals surface area contributed by atoms with Gasteiger partial charge in [-0.2, -0.15) is 11.8 Å². The smallest absolute Gasteiger partial charge is 0.306 e. The highest BCUT2D eigenvalue weighted by Gasteiger charge is 2.28. The standard InChI is InChI=1S/C39H60O6S/c1-25(45-33(41)17-15-27-22-30(38(8,9)10)35(43)31(23-27)39(11,12)13)24-46-19-18-44-32(40)16-14-26-20-28(36(2,3)4)34(42)29(21-26)37(5,6)7/h20-23,25,42-43H,14-19,24H2,1-13H3. The number of thioether (sulfide) groups is 1. The fraction of sp³-hybridized carbons (Fsp3) is 0.641. The monoisotopic (exact) mass is 656 g/mol. The van der Waals surface area contributed by atoms with Gasteiger partial charge >= 0.3 is 11.9 Å². The molecule has 7 heteroatoms. The number of esters is 2. The zero-order chi connectivity index (χ0) is 35.3. The predicted molar refractivity (Wildman–Crippen MR) is 191 cm³/mol. The third-order valence-corrected chi connectivity index (χ3v) is 9.14. The van der Waals surface area contributed by atoms with E-state index in [1.807, 2.05) is 31.2 Å². The van der Waals surface area contributed by atoms with E-state index in [9.17, 15) is 19.8 Å². The third kappa shape index (κ3) is 11.8. The lowest BCUT2D eigenvalue weighted by Gasteiger charge is -2.28. The quantitative estimate of drug-likeness (QED) is 0.174. The van der Waals surface area contributed by atoms with E-state index in [0.29, 0.717) is 42.5 Å². The molecule has 0 aliphatic heterocycles. The number of aryl methyl sites for hydroxylation is 2. The Labute approximate surface area is 283 Å². The molecule has 2 N–H and O–H groups in total. The zero-order valence-corrected chi connectivity index (χ0v) is 31.6. The number of carbonyl (C=O) groups excluding carboxylic acids is 2. The van der Waals surface area contributed by atoms with E-state index >= 15 is 0 Å². The molecule has 0 bridgehead atoms. The van der Waals surface area contributed by atoms with Gasteiger partial charge in [0.25, 0.3) is 0 Å². The second-order valence-corrected chi connectivity index (χ2v) is 17.8. The summed E-state index contributed by atoms with van der Waals surface area (Å²) in [6.07, 6.45) is 1.36. The van der Waals surface area contributed by atoms with Crippen LogP contribution in [-0.4, -0.2) is 46.4 Å². The summed E-state index contributed by atoms with van der Waals surface area (Å²) in [6, 6.07) is 8.03. The first kappa shape index (κ1) is 39.5. The predicted octanol–water partition coefficient (Wildman–Crippen LogP) is 9.06. The average molecular weight is 657 g/mol. The van der Waals surface area contributed by atoms with Gasteiger partial charge < -0.3 is 19.7 Å². The minimum absolute atomic E-state index is 0.220. The Morgan fingerprint density at radius 3 is 1.35 bits per heavy atom. The van der Waals surface area contributed by atoms with Gasteiger partial charge in [0, 0.05) is 24.3 Å². The summed E-state index contributed by atoms with van der Waals surface area (Å²) in [7, 11) is 0. The van der Waals surface area contributed by atoms with Gasteiger partial charge in [0.05, 0.1) is 0 Å². The Morgan fingerprint density at radius 1 is 0.652 bits per heavy atom. The van der Waals surface area contributed by atoms with E-state index in [-0.39, 0.29) is 52.5 Å². The highest BCUT2D eigenvalue weighted by atomic mass is 32.2. The van der Waals surface area contributed by atoms with Crippen molar-refractivity contribution in [2.24, 2.45) is 0 Å². The van der Waals surface area contributed by atoms with Crippen molar-refractivity contribution in [2.75, 3.05) is 18.1 Å². The molecule has 1 unspecified atom stereocenters. The van der Waals surface area contributed by atoms with Crippen LogP contribution in [0, 0.1) is 0 Å². The van der Waals surface area contributed by atoms with E-state index in [4.69, 9.17) is 9.47 Å². The molecule has 0 aliphatic rings. The Morgan fingerprint density at radius 2 is 1.00 bits per heavy atom. The molecule has 0 radical (unpaired) electrons. The maximum Gasteiger partial charge on any atom is 0.306 e. The van der Waals surface area contributed by atoms with Gasteiger partial charge in [-0.05, 0) is 74.8 Å². The van der Waals surface area contributed by atoms with E-state index in [1.165, 1.54) is 0 Å². The molecule has 2 rings (SSSR count). The van der Waals surface area contributed by atoms with Gasteiger partial charge in [-0.25, -0.2) is 0 Å². The van der Waals surface area contributed by atoms with Crippen LogP contribution in [0.3, 0.4) is 0 Å². The second-order valence-electron chi connectivity index (χ2n) is 16.7. The molecule has 0 fully saturated rings. The van der Waals surface area contributed by atoms with Crippen molar-refractivity contribution in [1.82, 2.24) is 0 Å². The summed E-state index contributed by atoms with van der Waals surface area (Å²) in [5.41, 5.74) is 4.70. The van der Waals surface area contributed by atoms with Crippen molar-refractivity contribution in [3.63, 3.8) is 0 Å². The van der Waals surface area contributed by atoms with Crippen molar-refractivity contribution >= 4 is 23.7 Å². The summed E-state index contributed by atoms with van der Waals surface area (Å²) in [4.78, 5) is 25.1. The van der Waals surface area contributed by atoms with Crippen LogP contribution in [0.1, 0.15) is 136 Å². The van der Waals surface area contributed by atoms with Gasteiger partial charge in [-0.1, -0.05) is 107 Å². The second kappa shape index (κ2) is 15.5. The van der Waals surface area contributed by atoms with Gasteiger partial charge in [0.1, 0.15) is 24.2 Å². The third-order valence-electron chi connectivity index (χ3n) is 7.98. The largest absolute Gasteiger partial charge is 0.507 e. The molecular weight excluding hydrogens is 596 g/mol. The number of carbonyl (C=O) groups is 2. The first-order valence-corrected chi connectivity index (χ1v) is 17.7. The van der Waals surface area contributed by atoms with E-state index in [0.717, 1.165) is 33.4 Å². The summed E-state index contributed by atoms with van der Waals surface area (Å²) in [5.74, 6) is 1.41. The first-order chi connectivity index (χ1) is 20.9. The number of ether oxygens (including phenoxy) is 2. The molecule has 258 valence electrons. The lowest BCUT2D eigenvalue weighted by Crippen LogP contribution is -2.19. The van der Waals surface area contributed by atoms with Gasteiger partial charge in [0.15, 0.2) is 0 Å². The maximum atomic E-state index is 12.6. The van der Waals surface area contributed by atoms with E-state index < -0.39 is 0 Å². The van der Waals surface area contributed by atoms with Crippen molar-refractivity contribution in [2.45, 2.75) is 143 Å². The van der Waals surface area contributed by atoms with E-state index in [2.05, 4.69) is 83.1 Å². The number of phenolic OH excluding ortho intramolecular Hbond substituents is 2. The molecule has 6 nitrogen and oxygen atoms in total. The van der Waals surface area contributed by atoms with Crippen LogP contribution < -0.4 is 0 Å². The number of hydrogen-bond donors (Lipinski definition) is 2. The molecule has 2 aromatic rings. The fourth-order valence-electron chi connectivity index (χ4n) is 5.31. The number of hydrogen-bond acceptors (Lipinski definition) is 7. The zero-order valence-electron chi connectivity index (χ0n) is 30.8. The van der Waals surface area contributed by atoms with Crippen molar-refractivity contribution in [1.29, 1.82) is 0 Å². The number of benzene rings is 2. The van der Waals surface area contributed by atoms with Crippen molar-refractivity contribution in [3.05, 3.63) is 57.6 Å². The lowest BCUT2D eigenvalue weighted by atomic mass is 9.78. The summed E-state index contributed by atoms with van der Waals surface area (Å²) >= 11 is 1.59. The summed E-state index contributed by atoms with van der Waals surface area (Å²) in [6.45, 7) is 27.1. The Bertz CT molecular complexity index is 1280. The number of rotatable bonds is 12. The van der Waals surface area contributed by atoms with Crippen LogP contribution in [0.5, 0.6) is 11.5 Å². The Hall–Kier alpha value is -2.67. The van der Waals surface area contributed by atoms with Gasteiger partial charge in [-0.15, -0.1) is 0 Å². The number of phenols is 2. The van der Waals surface area contributed by atoms with Gasteiger partial charge in [-0.3, -0.25) is 9.59 Å². The molecule has 46 heavy (non-hydrogen) atoms.